The molecule has 2 N–H and O–H groups in total. The minimum atomic E-state index is -0.751. The standard InChI is InChI=1S/C14H12ClN5O2/c15-11-3-5-12(6-4-11)18-14(22)20-19-13(21)17-9-10-2-1-7-16-8-10/h1-8H,9H2,(H,17,21)(H,18,22). The first-order valence-electron chi connectivity index (χ1n) is 6.28. The monoisotopic (exact) mass is 317 g/mol. The number of hydrogen-bond acceptors (Lipinski definition) is 3. The molecule has 0 fully saturated rings. The second kappa shape index (κ2) is 7.84. The maximum atomic E-state index is 11.5. The molecule has 0 saturated carbocycles. The number of azo groups is 1. The number of carbonyl (C=O) groups is 2. The largest absolute Gasteiger partial charge is 0.364 e. The van der Waals surface area contributed by atoms with Crippen LogP contribution >= 0.6 is 11.6 Å². The van der Waals surface area contributed by atoms with Crippen molar-refractivity contribution in [2.75, 3.05) is 5.32 Å². The van der Waals surface area contributed by atoms with E-state index >= 15 is 0 Å². The van der Waals surface area contributed by atoms with Crippen molar-refractivity contribution in [3.8, 4) is 0 Å². The van der Waals surface area contributed by atoms with E-state index in [2.05, 4.69) is 25.8 Å². The van der Waals surface area contributed by atoms with Gasteiger partial charge >= 0.3 is 12.1 Å². The zero-order valence-corrected chi connectivity index (χ0v) is 12.1. The summed E-state index contributed by atoms with van der Waals surface area (Å²) >= 11 is 5.72. The Morgan fingerprint density at radius 1 is 1.09 bits per heavy atom. The van der Waals surface area contributed by atoms with Crippen LogP contribution in [0.3, 0.4) is 0 Å². The van der Waals surface area contributed by atoms with E-state index in [1.165, 1.54) is 0 Å². The third-order valence-electron chi connectivity index (χ3n) is 2.49. The van der Waals surface area contributed by atoms with E-state index < -0.39 is 12.1 Å². The zero-order valence-electron chi connectivity index (χ0n) is 11.4. The number of aromatic nitrogens is 1. The van der Waals surface area contributed by atoms with E-state index in [1.807, 2.05) is 0 Å². The lowest BCUT2D eigenvalue weighted by atomic mass is 10.3. The Morgan fingerprint density at radius 3 is 2.50 bits per heavy atom. The Bertz CT molecular complexity index is 673. The summed E-state index contributed by atoms with van der Waals surface area (Å²) in [6.45, 7) is 0.254. The average molecular weight is 318 g/mol. The molecular weight excluding hydrogens is 306 g/mol. The number of rotatable bonds is 3. The van der Waals surface area contributed by atoms with Crippen LogP contribution in [0.2, 0.25) is 5.02 Å². The summed E-state index contributed by atoms with van der Waals surface area (Å²) in [5.41, 5.74) is 1.32. The second-order valence-electron chi connectivity index (χ2n) is 4.16. The highest BCUT2D eigenvalue weighted by Gasteiger charge is 2.03. The summed E-state index contributed by atoms with van der Waals surface area (Å²) in [6.07, 6.45) is 3.25. The Kier molecular flexibility index (Phi) is 5.56. The molecule has 0 aliphatic carbocycles. The first kappa shape index (κ1) is 15.6. The first-order chi connectivity index (χ1) is 10.6. The molecule has 0 radical (unpaired) electrons. The van der Waals surface area contributed by atoms with Gasteiger partial charge in [0.2, 0.25) is 0 Å². The number of urea groups is 2. The Hall–Kier alpha value is -2.80. The predicted octanol–water partition coefficient (Wildman–Crippen LogP) is 3.63. The fourth-order valence-electron chi connectivity index (χ4n) is 1.49. The molecule has 2 aromatic rings. The second-order valence-corrected chi connectivity index (χ2v) is 4.59. The molecule has 8 heteroatoms. The molecule has 0 spiro atoms. The quantitative estimate of drug-likeness (QED) is 0.846. The highest BCUT2D eigenvalue weighted by molar-refractivity contribution is 6.30. The van der Waals surface area contributed by atoms with Crippen LogP contribution < -0.4 is 10.6 Å². The maximum Gasteiger partial charge on any atom is 0.364 e. The summed E-state index contributed by atoms with van der Waals surface area (Å²) in [7, 11) is 0. The van der Waals surface area contributed by atoms with Crippen LogP contribution in [0.1, 0.15) is 5.56 Å². The van der Waals surface area contributed by atoms with Gasteiger partial charge in [-0.1, -0.05) is 27.9 Å². The average Bonchev–Trinajstić information content (AvgIpc) is 2.54. The minimum Gasteiger partial charge on any atom is -0.331 e. The van der Waals surface area contributed by atoms with E-state index in [9.17, 15) is 9.59 Å². The van der Waals surface area contributed by atoms with Gasteiger partial charge in [-0.25, -0.2) is 9.59 Å². The van der Waals surface area contributed by atoms with Crippen molar-refractivity contribution in [2.45, 2.75) is 6.54 Å². The van der Waals surface area contributed by atoms with Gasteiger partial charge < -0.3 is 10.6 Å². The fraction of sp³-hybridized carbons (Fsp3) is 0.0714. The molecule has 1 heterocycles. The number of anilines is 1. The lowest BCUT2D eigenvalue weighted by Crippen LogP contribution is -2.19. The van der Waals surface area contributed by atoms with Crippen molar-refractivity contribution in [3.63, 3.8) is 0 Å². The van der Waals surface area contributed by atoms with Crippen LogP contribution in [0.4, 0.5) is 15.3 Å². The van der Waals surface area contributed by atoms with Gasteiger partial charge in [0.15, 0.2) is 0 Å². The summed E-state index contributed by atoms with van der Waals surface area (Å²) < 4.78 is 0. The van der Waals surface area contributed by atoms with Crippen LogP contribution in [0.15, 0.2) is 59.0 Å². The number of benzene rings is 1. The molecule has 0 unspecified atom stereocenters. The molecule has 112 valence electrons. The molecule has 4 amide bonds. The maximum absolute atomic E-state index is 11.5. The number of amides is 4. The third kappa shape index (κ3) is 5.29. The minimum absolute atomic E-state index is 0.254. The fourth-order valence-corrected chi connectivity index (χ4v) is 1.61. The molecule has 1 aromatic heterocycles. The van der Waals surface area contributed by atoms with Crippen LogP contribution in [-0.2, 0) is 6.54 Å². The number of carbonyl (C=O) groups excluding carboxylic acids is 2. The van der Waals surface area contributed by atoms with Gasteiger partial charge in [0.25, 0.3) is 0 Å². The Morgan fingerprint density at radius 2 is 1.82 bits per heavy atom. The molecule has 2 rings (SSSR count). The molecule has 0 atom stereocenters. The number of nitrogens with one attached hydrogen (secondary N) is 2. The molecule has 0 saturated heterocycles. The smallest absolute Gasteiger partial charge is 0.331 e. The first-order valence-corrected chi connectivity index (χ1v) is 6.66. The van der Waals surface area contributed by atoms with Gasteiger partial charge in [-0.05, 0) is 35.9 Å². The predicted molar refractivity (Wildman–Crippen MR) is 81.8 cm³/mol. The molecule has 0 aliphatic rings. The highest BCUT2D eigenvalue weighted by Crippen LogP contribution is 2.13. The van der Waals surface area contributed by atoms with Crippen molar-refractivity contribution < 1.29 is 9.59 Å². The lowest BCUT2D eigenvalue weighted by Gasteiger charge is -2.01. The number of halogens is 1. The van der Waals surface area contributed by atoms with Gasteiger partial charge in [-0.3, -0.25) is 4.98 Å². The van der Waals surface area contributed by atoms with Gasteiger partial charge in [0.1, 0.15) is 0 Å². The van der Waals surface area contributed by atoms with Crippen LogP contribution in [0.5, 0.6) is 0 Å². The lowest BCUT2D eigenvalue weighted by molar-refractivity contribution is 0.244. The molecule has 1 aromatic carbocycles. The van der Waals surface area contributed by atoms with Crippen molar-refractivity contribution >= 4 is 29.4 Å². The number of hydrogen-bond donors (Lipinski definition) is 2. The van der Waals surface area contributed by atoms with E-state index in [4.69, 9.17) is 11.6 Å². The summed E-state index contributed by atoms with van der Waals surface area (Å²) in [6, 6.07) is 8.55. The van der Waals surface area contributed by atoms with E-state index in [0.29, 0.717) is 10.7 Å². The summed E-state index contributed by atoms with van der Waals surface area (Å²) in [5, 5.41) is 12.0. The number of nitrogens with zero attached hydrogens (tertiary/aromatic N) is 3. The van der Waals surface area contributed by atoms with Crippen LogP contribution in [-0.4, -0.2) is 17.0 Å². The van der Waals surface area contributed by atoms with Gasteiger partial charge in [0, 0.05) is 29.6 Å². The van der Waals surface area contributed by atoms with Crippen molar-refractivity contribution in [2.24, 2.45) is 10.2 Å². The van der Waals surface area contributed by atoms with Crippen molar-refractivity contribution in [1.29, 1.82) is 0 Å². The molecule has 22 heavy (non-hydrogen) atoms. The van der Waals surface area contributed by atoms with E-state index in [0.717, 1.165) is 5.56 Å². The Balaban J connectivity index is 1.79. The number of pyridine rings is 1. The van der Waals surface area contributed by atoms with Crippen molar-refractivity contribution in [3.05, 3.63) is 59.4 Å². The van der Waals surface area contributed by atoms with Crippen molar-refractivity contribution in [1.82, 2.24) is 10.3 Å². The highest BCUT2D eigenvalue weighted by atomic mass is 35.5. The molecule has 7 nitrogen and oxygen atoms in total. The third-order valence-corrected chi connectivity index (χ3v) is 2.75. The molecular formula is C14H12ClN5O2. The van der Waals surface area contributed by atoms with E-state index in [1.54, 1.807) is 48.8 Å². The van der Waals surface area contributed by atoms with Crippen LogP contribution in [0.25, 0.3) is 0 Å². The van der Waals surface area contributed by atoms with Crippen LogP contribution in [0, 0.1) is 0 Å². The van der Waals surface area contributed by atoms with Gasteiger partial charge in [-0.15, -0.1) is 0 Å². The molecule has 0 aliphatic heterocycles. The summed E-state index contributed by atoms with van der Waals surface area (Å²) in [4.78, 5) is 26.8. The molecule has 0 bridgehead atoms. The van der Waals surface area contributed by atoms with E-state index in [-0.39, 0.29) is 6.54 Å². The Labute approximate surface area is 131 Å². The summed E-state index contributed by atoms with van der Waals surface area (Å²) in [5.74, 6) is 0. The SMILES string of the molecule is O=C(N=NC(=O)Nc1ccc(Cl)cc1)NCc1cccnc1. The topological polar surface area (TPSA) is 95.8 Å². The van der Waals surface area contributed by atoms with Gasteiger partial charge in [-0.2, -0.15) is 0 Å². The normalized spacial score (nSPS) is 10.4. The van der Waals surface area contributed by atoms with Gasteiger partial charge in [0.05, 0.1) is 0 Å². The zero-order chi connectivity index (χ0) is 15.8.